The highest BCUT2D eigenvalue weighted by Gasteiger charge is 2.35. The van der Waals surface area contributed by atoms with E-state index in [0.29, 0.717) is 83.4 Å². The number of benzene rings is 10. The number of anilines is 2. The standard InChI is InChI=1S/C30H21N2O7P.C30H25N2O3P/c33-31(34)22-11-15-24(16-12-22)38-26-19-20-29(39-25-17-13-23(14-18-25)32(35)36)30(21-26)40(37,27-7-3-1-4-8-27)28-9-5-2-6-10-28;31-22-11-15-24(16-12-22)34-26-19-20-29(35-25-17-13-23(32)14-18-25)30(21-26)36(33,27-7-3-1-4-8-27)28-9-5-2-6-10-28/h1-21H;1-21H,31-32H2. The largest absolute Gasteiger partial charge is 0.457 e. The molecule has 0 unspecified atom stereocenters. The first-order chi connectivity index (χ1) is 36.9. The van der Waals surface area contributed by atoms with Crippen LogP contribution in [-0.2, 0) is 9.13 Å². The van der Waals surface area contributed by atoms with Crippen LogP contribution in [0.25, 0.3) is 0 Å². The summed E-state index contributed by atoms with van der Waals surface area (Å²) in [5.41, 5.74) is 12.8. The minimum Gasteiger partial charge on any atom is -0.457 e. The second kappa shape index (κ2) is 23.0. The quantitative estimate of drug-likeness (QED) is 0.0401. The zero-order valence-electron chi connectivity index (χ0n) is 40.3. The third kappa shape index (κ3) is 11.7. The Morgan fingerprint density at radius 2 is 0.566 bits per heavy atom. The molecule has 10 aromatic rings. The van der Waals surface area contributed by atoms with Crippen molar-refractivity contribution in [1.29, 1.82) is 0 Å². The fourth-order valence-corrected chi connectivity index (χ4v) is 13.6. The van der Waals surface area contributed by atoms with E-state index in [2.05, 4.69) is 0 Å². The van der Waals surface area contributed by atoms with Gasteiger partial charge in [0.2, 0.25) is 0 Å². The van der Waals surface area contributed by atoms with Crippen LogP contribution in [0.15, 0.2) is 255 Å². The molecule has 14 nitrogen and oxygen atoms in total. The van der Waals surface area contributed by atoms with E-state index in [-0.39, 0.29) is 17.1 Å². The maximum atomic E-state index is 15.2. The van der Waals surface area contributed by atoms with Crippen LogP contribution in [0.5, 0.6) is 46.0 Å². The molecule has 10 rings (SSSR count). The summed E-state index contributed by atoms with van der Waals surface area (Å²) in [6.45, 7) is 0. The van der Waals surface area contributed by atoms with Crippen molar-refractivity contribution in [3.63, 3.8) is 0 Å². The first-order valence-electron chi connectivity index (χ1n) is 23.5. The van der Waals surface area contributed by atoms with Crippen molar-refractivity contribution in [3.8, 4) is 46.0 Å². The van der Waals surface area contributed by atoms with Crippen molar-refractivity contribution in [3.05, 3.63) is 275 Å². The summed E-state index contributed by atoms with van der Waals surface area (Å²) < 4.78 is 54.9. The van der Waals surface area contributed by atoms with Crippen molar-refractivity contribution < 1.29 is 37.9 Å². The third-order valence-corrected chi connectivity index (χ3v) is 18.0. The van der Waals surface area contributed by atoms with Gasteiger partial charge in [-0.05, 0) is 109 Å². The van der Waals surface area contributed by atoms with Crippen molar-refractivity contribution >= 4 is 68.9 Å². The Labute approximate surface area is 437 Å². The van der Waals surface area contributed by atoms with E-state index in [1.54, 1.807) is 133 Å². The monoisotopic (exact) mass is 1040 g/mol. The topological polar surface area (TPSA) is 209 Å². The predicted molar refractivity (Wildman–Crippen MR) is 300 cm³/mol. The molecule has 0 aliphatic carbocycles. The van der Waals surface area contributed by atoms with Crippen LogP contribution in [0.4, 0.5) is 22.7 Å². The number of hydrogen-bond donors (Lipinski definition) is 2. The smallest absolute Gasteiger partial charge is 0.269 e. The van der Waals surface area contributed by atoms with E-state index < -0.39 is 24.1 Å². The van der Waals surface area contributed by atoms with E-state index in [1.807, 2.05) is 72.8 Å². The maximum Gasteiger partial charge on any atom is 0.269 e. The maximum absolute atomic E-state index is 15.2. The minimum atomic E-state index is -3.53. The summed E-state index contributed by atoms with van der Waals surface area (Å²) in [4.78, 5) is 21.1. The fraction of sp³-hybridized carbons (Fsp3) is 0. The summed E-state index contributed by atoms with van der Waals surface area (Å²) in [6, 6.07) is 72.7. The molecule has 76 heavy (non-hydrogen) atoms. The van der Waals surface area contributed by atoms with Crippen molar-refractivity contribution in [2.24, 2.45) is 0 Å². The second-order valence-electron chi connectivity index (χ2n) is 16.9. The van der Waals surface area contributed by atoms with Gasteiger partial charge >= 0.3 is 0 Å². The number of nitrogens with zero attached hydrogens (tertiary/aromatic N) is 2. The molecule has 4 N–H and O–H groups in total. The molecule has 0 amide bonds. The molecule has 0 bridgehead atoms. The minimum absolute atomic E-state index is 0.0717. The van der Waals surface area contributed by atoms with Crippen LogP contribution in [-0.4, -0.2) is 9.85 Å². The molecular formula is C60H46N4O10P2. The Morgan fingerprint density at radius 3 is 0.842 bits per heavy atom. The lowest BCUT2D eigenvalue weighted by atomic mass is 10.3. The van der Waals surface area contributed by atoms with Crippen LogP contribution in [0.1, 0.15) is 0 Å². The van der Waals surface area contributed by atoms with E-state index in [9.17, 15) is 20.2 Å². The molecule has 0 saturated heterocycles. The first kappa shape index (κ1) is 51.2. The SMILES string of the molecule is Nc1ccc(Oc2ccc(Oc3ccc(N)cc3)c(P(=O)(c3ccccc3)c3ccccc3)c2)cc1.O=[N+]([O-])c1ccc(Oc2ccc(Oc3ccc([N+](=O)[O-])cc3)c(P(=O)(c3ccccc3)c3ccccc3)c2)cc1. The van der Waals surface area contributed by atoms with Gasteiger partial charge in [0, 0.05) is 56.9 Å². The number of nitro benzene ring substituents is 2. The van der Waals surface area contributed by atoms with Crippen LogP contribution >= 0.6 is 14.3 Å². The van der Waals surface area contributed by atoms with Gasteiger partial charge in [0.15, 0.2) is 14.3 Å². The lowest BCUT2D eigenvalue weighted by molar-refractivity contribution is -0.385. The average Bonchev–Trinajstić information content (AvgIpc) is 3.46. The second-order valence-corrected chi connectivity index (χ2v) is 22.3. The summed E-state index contributed by atoms with van der Waals surface area (Å²) >= 11 is 0. The van der Waals surface area contributed by atoms with Crippen LogP contribution in [0.2, 0.25) is 0 Å². The summed E-state index contributed by atoms with van der Waals surface area (Å²) in [5, 5.41) is 25.5. The zero-order valence-corrected chi connectivity index (χ0v) is 42.1. The lowest BCUT2D eigenvalue weighted by Crippen LogP contribution is -2.26. The number of rotatable bonds is 16. The van der Waals surface area contributed by atoms with E-state index in [0.717, 1.165) is 0 Å². The number of nitrogens with two attached hydrogens (primary N) is 2. The predicted octanol–water partition coefficient (Wildman–Crippen LogP) is 12.8. The van der Waals surface area contributed by atoms with Crippen LogP contribution in [0, 0.1) is 20.2 Å². The van der Waals surface area contributed by atoms with Crippen LogP contribution < -0.4 is 62.2 Å². The van der Waals surface area contributed by atoms with E-state index in [4.69, 9.17) is 30.4 Å². The third-order valence-electron chi connectivity index (χ3n) is 11.8. The Kier molecular flexibility index (Phi) is 15.5. The summed E-state index contributed by atoms with van der Waals surface area (Å²) in [6.07, 6.45) is 0. The highest BCUT2D eigenvalue weighted by atomic mass is 31.2. The Balaban J connectivity index is 0.000000187. The van der Waals surface area contributed by atoms with E-state index in [1.165, 1.54) is 48.5 Å². The van der Waals surface area contributed by atoms with Gasteiger partial charge in [-0.25, -0.2) is 0 Å². The molecule has 0 radical (unpaired) electrons. The van der Waals surface area contributed by atoms with Crippen molar-refractivity contribution in [2.75, 3.05) is 11.5 Å². The molecule has 0 spiro atoms. The van der Waals surface area contributed by atoms with Gasteiger partial charge in [-0.15, -0.1) is 0 Å². The number of nitro groups is 2. The molecule has 376 valence electrons. The molecule has 0 heterocycles. The average molecular weight is 1040 g/mol. The molecule has 0 aromatic heterocycles. The van der Waals surface area contributed by atoms with Crippen molar-refractivity contribution in [1.82, 2.24) is 0 Å². The number of non-ortho nitro benzene ring substituents is 2. The highest BCUT2D eigenvalue weighted by molar-refractivity contribution is 7.86. The van der Waals surface area contributed by atoms with Crippen LogP contribution in [0.3, 0.4) is 0 Å². The highest BCUT2D eigenvalue weighted by Crippen LogP contribution is 2.48. The number of hydrogen-bond acceptors (Lipinski definition) is 12. The lowest BCUT2D eigenvalue weighted by Gasteiger charge is -2.23. The number of nitrogen functional groups attached to an aromatic ring is 2. The Bertz CT molecular complexity index is 3620. The van der Waals surface area contributed by atoms with Gasteiger partial charge in [0.1, 0.15) is 46.0 Å². The molecule has 0 aliphatic heterocycles. The Hall–Kier alpha value is -9.74. The molecule has 0 fully saturated rings. The molecule has 0 aliphatic rings. The van der Waals surface area contributed by atoms with Gasteiger partial charge in [-0.3, -0.25) is 20.2 Å². The molecule has 0 atom stereocenters. The summed E-state index contributed by atoms with van der Waals surface area (Å²) in [7, 11) is -6.88. The van der Waals surface area contributed by atoms with Gasteiger partial charge in [0.25, 0.3) is 11.4 Å². The van der Waals surface area contributed by atoms with Gasteiger partial charge in [-0.2, -0.15) is 0 Å². The normalized spacial score (nSPS) is 11.1. The summed E-state index contributed by atoms with van der Waals surface area (Å²) in [5.74, 6) is 3.51. The number of ether oxygens (including phenoxy) is 4. The zero-order chi connectivity index (χ0) is 53.1. The molecular weight excluding hydrogens is 999 g/mol. The first-order valence-corrected chi connectivity index (χ1v) is 26.9. The Morgan fingerprint density at radius 1 is 0.316 bits per heavy atom. The fourth-order valence-electron chi connectivity index (χ4n) is 8.06. The van der Waals surface area contributed by atoms with Gasteiger partial charge in [0.05, 0.1) is 20.5 Å². The van der Waals surface area contributed by atoms with E-state index >= 15 is 9.13 Å². The molecule has 16 heteroatoms. The van der Waals surface area contributed by atoms with Gasteiger partial charge in [-0.1, -0.05) is 121 Å². The molecule has 0 saturated carbocycles. The van der Waals surface area contributed by atoms with Gasteiger partial charge < -0.3 is 39.5 Å². The molecule has 10 aromatic carbocycles. The van der Waals surface area contributed by atoms with Crippen molar-refractivity contribution in [2.45, 2.75) is 0 Å².